The van der Waals surface area contributed by atoms with Crippen molar-refractivity contribution < 1.29 is 53.3 Å². The molecular formula is C23H17Cl2F10NO2S. The summed E-state index contributed by atoms with van der Waals surface area (Å²) in [6.45, 7) is 1.11. The first-order valence-corrected chi connectivity index (χ1v) is 12.8. The van der Waals surface area contributed by atoms with Gasteiger partial charge in [0, 0.05) is 5.56 Å². The number of hydrogen-bond donors (Lipinski definition) is 1. The second-order valence-corrected chi connectivity index (χ2v) is 10.5. The molecule has 2 aromatic rings. The van der Waals surface area contributed by atoms with Gasteiger partial charge in [-0.15, -0.1) is 0 Å². The van der Waals surface area contributed by atoms with Gasteiger partial charge in [0.05, 0.1) is 27.2 Å². The molecule has 2 aromatic carbocycles. The number of nitrogens with one attached hydrogen (secondary N) is 1. The van der Waals surface area contributed by atoms with Crippen LogP contribution < -0.4 is 5.32 Å². The minimum atomic E-state index is -5.28. The molecule has 3 nitrogen and oxygen atoms in total. The van der Waals surface area contributed by atoms with Gasteiger partial charge in [-0.3, -0.25) is 4.79 Å². The lowest BCUT2D eigenvalue weighted by molar-refractivity contribution is -0.140. The molecular weight excluding hydrogens is 615 g/mol. The van der Waals surface area contributed by atoms with Gasteiger partial charge in [-0.05, 0) is 54.0 Å². The summed E-state index contributed by atoms with van der Waals surface area (Å²) >= 11 is 8.93. The van der Waals surface area contributed by atoms with Crippen LogP contribution in [0.4, 0.5) is 43.9 Å². The number of carbonyl (C=O) groups excluding carboxylic acids is 1. The maximum atomic E-state index is 14.9. The fraction of sp³-hybridized carbons (Fsp3) is 0.348. The molecule has 0 bridgehead atoms. The van der Waals surface area contributed by atoms with Crippen LogP contribution in [0.2, 0.25) is 10.0 Å². The standard InChI is InChI=1S/C23H17Cl2F10NO2S/c1-11(9-39(38)10-21(27,28)29)36-20(37)14-4-2-13(6-16(14)23(33,34)35)19(26)8-15(22(30,31)32)12-3-5-17(24)18(25)7-12/h2-8,11,15H,9-10H2,1H3,(H,36,37)/b19-8-/t11-,15?,39?/m1/s1. The lowest BCUT2D eigenvalue weighted by Gasteiger charge is -2.20. The minimum absolute atomic E-state index is 0.0346. The van der Waals surface area contributed by atoms with Crippen LogP contribution in [0.15, 0.2) is 42.5 Å². The Balaban J connectivity index is 2.40. The third-order valence-corrected chi connectivity index (χ3v) is 7.21. The molecule has 1 N–H and O–H groups in total. The highest BCUT2D eigenvalue weighted by Crippen LogP contribution is 2.41. The Labute approximate surface area is 228 Å². The highest BCUT2D eigenvalue weighted by Gasteiger charge is 2.41. The molecule has 0 saturated heterocycles. The fourth-order valence-corrected chi connectivity index (χ4v) is 4.75. The van der Waals surface area contributed by atoms with Crippen LogP contribution >= 0.6 is 23.2 Å². The first kappa shape index (κ1) is 33.0. The molecule has 0 saturated carbocycles. The van der Waals surface area contributed by atoms with E-state index in [4.69, 9.17) is 23.2 Å². The Bertz CT molecular complexity index is 1210. The van der Waals surface area contributed by atoms with E-state index in [1.807, 2.05) is 5.32 Å². The van der Waals surface area contributed by atoms with E-state index in [9.17, 15) is 53.3 Å². The lowest BCUT2D eigenvalue weighted by atomic mass is 9.95. The van der Waals surface area contributed by atoms with Gasteiger partial charge in [-0.25, -0.2) is 4.39 Å². The van der Waals surface area contributed by atoms with E-state index in [1.165, 1.54) is 0 Å². The molecule has 0 aliphatic heterocycles. The predicted molar refractivity (Wildman–Crippen MR) is 127 cm³/mol. The van der Waals surface area contributed by atoms with E-state index >= 15 is 0 Å². The van der Waals surface area contributed by atoms with Crippen LogP contribution in [0.1, 0.15) is 39.9 Å². The third-order valence-electron chi connectivity index (χ3n) is 4.95. The number of benzene rings is 2. The molecule has 2 rings (SSSR count). The monoisotopic (exact) mass is 631 g/mol. The van der Waals surface area contributed by atoms with Gasteiger partial charge in [0.1, 0.15) is 17.5 Å². The molecule has 2 unspecified atom stereocenters. The highest BCUT2D eigenvalue weighted by molar-refractivity contribution is 7.91. The molecule has 0 aromatic heterocycles. The Morgan fingerprint density at radius 2 is 1.62 bits per heavy atom. The second-order valence-electron chi connectivity index (χ2n) is 8.21. The van der Waals surface area contributed by atoms with Crippen molar-refractivity contribution in [3.63, 3.8) is 0 Å². The molecule has 39 heavy (non-hydrogen) atoms. The number of halogens is 12. The maximum Gasteiger partial charge on any atom is 0.433 e. The van der Waals surface area contributed by atoms with Gasteiger partial charge in [-0.1, -0.05) is 35.3 Å². The smallest absolute Gasteiger partial charge is 0.433 e. The van der Waals surface area contributed by atoms with E-state index in [2.05, 4.69) is 0 Å². The van der Waals surface area contributed by atoms with Crippen molar-refractivity contribution in [3.05, 3.63) is 74.8 Å². The number of rotatable bonds is 8. The van der Waals surface area contributed by atoms with E-state index in [1.54, 1.807) is 0 Å². The minimum Gasteiger partial charge on any atom is -0.616 e. The van der Waals surface area contributed by atoms with Gasteiger partial charge >= 0.3 is 18.5 Å². The zero-order valence-electron chi connectivity index (χ0n) is 19.4. The topological polar surface area (TPSA) is 52.2 Å². The van der Waals surface area contributed by atoms with Gasteiger partial charge in [0.25, 0.3) is 5.91 Å². The first-order chi connectivity index (χ1) is 17.7. The normalized spacial score (nSPS) is 15.6. The van der Waals surface area contributed by atoms with Crippen LogP contribution in [0, 0.1) is 0 Å². The molecule has 0 aliphatic rings. The Kier molecular flexibility index (Phi) is 10.6. The molecule has 0 spiro atoms. The van der Waals surface area contributed by atoms with Crippen molar-refractivity contribution in [3.8, 4) is 0 Å². The first-order valence-electron chi connectivity index (χ1n) is 10.5. The largest absolute Gasteiger partial charge is 0.616 e. The quantitative estimate of drug-likeness (QED) is 0.236. The van der Waals surface area contributed by atoms with Gasteiger partial charge in [0.2, 0.25) is 5.75 Å². The van der Waals surface area contributed by atoms with Crippen LogP contribution in [0.5, 0.6) is 0 Å². The summed E-state index contributed by atoms with van der Waals surface area (Å²) < 4.78 is 145. The van der Waals surface area contributed by atoms with Crippen molar-refractivity contribution in [2.75, 3.05) is 11.5 Å². The van der Waals surface area contributed by atoms with Crippen molar-refractivity contribution in [2.45, 2.75) is 37.4 Å². The summed E-state index contributed by atoms with van der Waals surface area (Å²) in [7, 11) is 0. The van der Waals surface area contributed by atoms with Gasteiger partial charge in [0.15, 0.2) is 0 Å². The fourth-order valence-electron chi connectivity index (χ4n) is 3.32. The summed E-state index contributed by atoms with van der Waals surface area (Å²) in [6.07, 6.45) is -15.1. The van der Waals surface area contributed by atoms with Crippen LogP contribution in [0.3, 0.4) is 0 Å². The molecule has 1 amide bonds. The molecule has 0 fully saturated rings. The lowest BCUT2D eigenvalue weighted by Crippen LogP contribution is -2.40. The molecule has 0 aliphatic carbocycles. The van der Waals surface area contributed by atoms with Gasteiger partial charge in [-0.2, -0.15) is 39.5 Å². The van der Waals surface area contributed by atoms with E-state index in [-0.39, 0.29) is 22.2 Å². The molecule has 216 valence electrons. The number of carbonyl (C=O) groups is 1. The summed E-state index contributed by atoms with van der Waals surface area (Å²) in [5, 5.41) is 1.62. The van der Waals surface area contributed by atoms with Crippen molar-refractivity contribution in [1.29, 1.82) is 0 Å². The van der Waals surface area contributed by atoms with Crippen LogP contribution in [0.25, 0.3) is 5.83 Å². The van der Waals surface area contributed by atoms with E-state index in [0.29, 0.717) is 12.1 Å². The van der Waals surface area contributed by atoms with Crippen LogP contribution in [-0.2, 0) is 17.4 Å². The van der Waals surface area contributed by atoms with E-state index < -0.39 is 87.2 Å². The predicted octanol–water partition coefficient (Wildman–Crippen LogP) is 8.10. The number of hydrogen-bond acceptors (Lipinski definition) is 2. The van der Waals surface area contributed by atoms with Crippen molar-refractivity contribution >= 4 is 46.1 Å². The average molecular weight is 632 g/mol. The Morgan fingerprint density at radius 3 is 2.13 bits per heavy atom. The molecule has 0 radical (unpaired) electrons. The molecule has 16 heteroatoms. The summed E-state index contributed by atoms with van der Waals surface area (Å²) in [5.74, 6) is -8.17. The zero-order valence-corrected chi connectivity index (χ0v) is 21.7. The zero-order chi connectivity index (χ0) is 29.9. The highest BCUT2D eigenvalue weighted by atomic mass is 35.5. The Morgan fingerprint density at radius 1 is 1.00 bits per heavy atom. The summed E-state index contributed by atoms with van der Waals surface area (Å²) in [6, 6.07) is 2.76. The van der Waals surface area contributed by atoms with Crippen molar-refractivity contribution in [2.24, 2.45) is 0 Å². The Hall–Kier alpha value is -2.16. The number of alkyl halides is 9. The summed E-state index contributed by atoms with van der Waals surface area (Å²) in [5.41, 5.74) is -4.28. The summed E-state index contributed by atoms with van der Waals surface area (Å²) in [4.78, 5) is 12.4. The maximum absolute atomic E-state index is 14.9. The SMILES string of the molecule is C[C@H](C[S+]([O-])CC(F)(F)F)NC(=O)c1ccc(/C(F)=C/C(c2ccc(Cl)c(Cl)c2)C(F)(F)F)cc1C(F)(F)F. The van der Waals surface area contributed by atoms with E-state index in [0.717, 1.165) is 25.1 Å². The van der Waals surface area contributed by atoms with Crippen molar-refractivity contribution in [1.82, 2.24) is 5.32 Å². The number of allylic oxidation sites excluding steroid dienone is 1. The van der Waals surface area contributed by atoms with Crippen LogP contribution in [-0.4, -0.2) is 40.4 Å². The third kappa shape index (κ3) is 9.76. The number of amides is 1. The second kappa shape index (κ2) is 12.6. The molecule has 3 atom stereocenters. The van der Waals surface area contributed by atoms with Gasteiger partial charge < -0.3 is 9.87 Å². The average Bonchev–Trinajstić information content (AvgIpc) is 2.76. The molecule has 0 heterocycles.